The standard InChI is InChI=1S/C14H20N2OS/c1-10(2)16(11(3)4)14(17)15-13(18)12-8-6-5-7-9-12/h5-11H,1-4H3,(H,15,17,18). The zero-order chi connectivity index (χ0) is 13.7. The molecule has 4 heteroatoms. The highest BCUT2D eigenvalue weighted by atomic mass is 32.1. The van der Waals surface area contributed by atoms with E-state index in [1.165, 1.54) is 0 Å². The van der Waals surface area contributed by atoms with Gasteiger partial charge >= 0.3 is 6.03 Å². The Morgan fingerprint density at radius 2 is 1.61 bits per heavy atom. The van der Waals surface area contributed by atoms with Crippen LogP contribution in [-0.2, 0) is 0 Å². The summed E-state index contributed by atoms with van der Waals surface area (Å²) in [4.78, 5) is 14.4. The number of nitrogens with one attached hydrogen (secondary N) is 1. The molecule has 0 heterocycles. The van der Waals surface area contributed by atoms with Crippen LogP contribution in [-0.4, -0.2) is 28.0 Å². The van der Waals surface area contributed by atoms with Crippen molar-refractivity contribution in [3.05, 3.63) is 35.9 Å². The van der Waals surface area contributed by atoms with Crippen LogP contribution in [0.2, 0.25) is 0 Å². The zero-order valence-electron chi connectivity index (χ0n) is 11.3. The molecule has 0 aliphatic heterocycles. The van der Waals surface area contributed by atoms with Gasteiger partial charge in [-0.2, -0.15) is 0 Å². The summed E-state index contributed by atoms with van der Waals surface area (Å²) in [7, 11) is 0. The van der Waals surface area contributed by atoms with E-state index in [0.717, 1.165) is 5.56 Å². The van der Waals surface area contributed by atoms with Crippen LogP contribution in [0, 0.1) is 0 Å². The maximum atomic E-state index is 12.1. The Morgan fingerprint density at radius 3 is 2.06 bits per heavy atom. The second-order valence-electron chi connectivity index (χ2n) is 4.72. The van der Waals surface area contributed by atoms with Crippen molar-refractivity contribution in [1.82, 2.24) is 10.2 Å². The van der Waals surface area contributed by atoms with Gasteiger partial charge in [0.2, 0.25) is 0 Å². The molecule has 0 saturated carbocycles. The first kappa shape index (κ1) is 14.6. The highest BCUT2D eigenvalue weighted by Gasteiger charge is 2.20. The number of nitrogens with zero attached hydrogens (tertiary/aromatic N) is 1. The van der Waals surface area contributed by atoms with Crippen LogP contribution in [0.5, 0.6) is 0 Å². The molecule has 1 N–H and O–H groups in total. The Hall–Kier alpha value is -1.42. The monoisotopic (exact) mass is 264 g/mol. The number of carbonyl (C=O) groups excluding carboxylic acids is 1. The van der Waals surface area contributed by atoms with E-state index < -0.39 is 0 Å². The van der Waals surface area contributed by atoms with Crippen molar-refractivity contribution in [2.45, 2.75) is 39.8 Å². The molecule has 0 bridgehead atoms. The van der Waals surface area contributed by atoms with Gasteiger partial charge in [0.05, 0.1) is 0 Å². The number of hydrogen-bond donors (Lipinski definition) is 1. The number of benzene rings is 1. The molecule has 0 radical (unpaired) electrons. The third kappa shape index (κ3) is 3.81. The molecule has 98 valence electrons. The third-order valence-electron chi connectivity index (χ3n) is 2.60. The number of amides is 2. The van der Waals surface area contributed by atoms with Crippen molar-refractivity contribution >= 4 is 23.2 Å². The molecule has 0 aliphatic rings. The molecule has 0 aliphatic carbocycles. The van der Waals surface area contributed by atoms with Crippen LogP contribution in [0.3, 0.4) is 0 Å². The van der Waals surface area contributed by atoms with E-state index in [1.54, 1.807) is 4.90 Å². The van der Waals surface area contributed by atoms with Crippen molar-refractivity contribution in [2.24, 2.45) is 0 Å². The van der Waals surface area contributed by atoms with Crippen molar-refractivity contribution in [3.8, 4) is 0 Å². The average Bonchev–Trinajstić information content (AvgIpc) is 2.28. The normalized spacial score (nSPS) is 10.6. The Kier molecular flexibility index (Phi) is 5.28. The van der Waals surface area contributed by atoms with Gasteiger partial charge in [0.15, 0.2) is 0 Å². The fourth-order valence-corrected chi connectivity index (χ4v) is 2.11. The molecule has 18 heavy (non-hydrogen) atoms. The molecule has 0 fully saturated rings. The maximum absolute atomic E-state index is 12.1. The fourth-order valence-electron chi connectivity index (χ4n) is 1.89. The zero-order valence-corrected chi connectivity index (χ0v) is 12.1. The summed E-state index contributed by atoms with van der Waals surface area (Å²) in [5.41, 5.74) is 0.855. The molecule has 1 aromatic carbocycles. The lowest BCUT2D eigenvalue weighted by Crippen LogP contribution is -2.49. The predicted molar refractivity (Wildman–Crippen MR) is 78.8 cm³/mol. The summed E-state index contributed by atoms with van der Waals surface area (Å²) in [6.07, 6.45) is 0. The van der Waals surface area contributed by atoms with Crippen molar-refractivity contribution < 1.29 is 4.79 Å². The van der Waals surface area contributed by atoms with Gasteiger partial charge in [0.25, 0.3) is 0 Å². The van der Waals surface area contributed by atoms with Gasteiger partial charge in [-0.1, -0.05) is 42.5 Å². The SMILES string of the molecule is CC(C)N(C(=O)NC(=S)c1ccccc1)C(C)C. The van der Waals surface area contributed by atoms with Gasteiger partial charge in [-0.15, -0.1) is 0 Å². The molecule has 0 aromatic heterocycles. The van der Waals surface area contributed by atoms with Crippen LogP contribution >= 0.6 is 12.2 Å². The Balaban J connectivity index is 2.73. The quantitative estimate of drug-likeness (QED) is 0.850. The number of rotatable bonds is 3. The van der Waals surface area contributed by atoms with Gasteiger partial charge in [0, 0.05) is 17.6 Å². The fraction of sp³-hybridized carbons (Fsp3) is 0.429. The summed E-state index contributed by atoms with van der Waals surface area (Å²) < 4.78 is 0. The lowest BCUT2D eigenvalue weighted by atomic mass is 10.2. The van der Waals surface area contributed by atoms with Crippen LogP contribution in [0.1, 0.15) is 33.3 Å². The largest absolute Gasteiger partial charge is 0.322 e. The summed E-state index contributed by atoms with van der Waals surface area (Å²) in [6, 6.07) is 9.63. The van der Waals surface area contributed by atoms with E-state index in [4.69, 9.17) is 12.2 Å². The lowest BCUT2D eigenvalue weighted by Gasteiger charge is -2.30. The Bertz CT molecular complexity index is 407. The lowest BCUT2D eigenvalue weighted by molar-refractivity contribution is 0.170. The van der Waals surface area contributed by atoms with Gasteiger partial charge < -0.3 is 4.90 Å². The third-order valence-corrected chi connectivity index (χ3v) is 2.94. The van der Waals surface area contributed by atoms with E-state index in [0.29, 0.717) is 4.99 Å². The minimum Gasteiger partial charge on any atom is -0.320 e. The van der Waals surface area contributed by atoms with Crippen LogP contribution < -0.4 is 5.32 Å². The van der Waals surface area contributed by atoms with E-state index in [9.17, 15) is 4.79 Å². The molecule has 0 unspecified atom stereocenters. The first-order valence-electron chi connectivity index (χ1n) is 6.12. The Morgan fingerprint density at radius 1 is 1.11 bits per heavy atom. The van der Waals surface area contributed by atoms with E-state index in [1.807, 2.05) is 58.0 Å². The van der Waals surface area contributed by atoms with Crippen LogP contribution in [0.25, 0.3) is 0 Å². The summed E-state index contributed by atoms with van der Waals surface area (Å²) in [5.74, 6) is 0. The van der Waals surface area contributed by atoms with Crippen LogP contribution in [0.4, 0.5) is 4.79 Å². The van der Waals surface area contributed by atoms with Gasteiger partial charge in [-0.25, -0.2) is 4.79 Å². The summed E-state index contributed by atoms with van der Waals surface area (Å²) >= 11 is 5.23. The van der Waals surface area contributed by atoms with Crippen molar-refractivity contribution in [2.75, 3.05) is 0 Å². The van der Waals surface area contributed by atoms with Gasteiger partial charge in [-0.3, -0.25) is 5.32 Å². The molecular weight excluding hydrogens is 244 g/mol. The first-order chi connectivity index (χ1) is 8.43. The molecule has 0 atom stereocenters. The number of hydrogen-bond acceptors (Lipinski definition) is 2. The molecule has 0 saturated heterocycles. The van der Waals surface area contributed by atoms with Crippen molar-refractivity contribution in [1.29, 1.82) is 0 Å². The van der Waals surface area contributed by atoms with Crippen LogP contribution in [0.15, 0.2) is 30.3 Å². The topological polar surface area (TPSA) is 32.3 Å². The molecule has 0 spiro atoms. The van der Waals surface area contributed by atoms with Gasteiger partial charge in [-0.05, 0) is 27.7 Å². The second kappa shape index (κ2) is 6.50. The highest BCUT2D eigenvalue weighted by molar-refractivity contribution is 7.80. The average molecular weight is 264 g/mol. The minimum atomic E-state index is -0.145. The number of thiocarbonyl (C=S) groups is 1. The molecular formula is C14H20N2OS. The van der Waals surface area contributed by atoms with Crippen molar-refractivity contribution in [3.63, 3.8) is 0 Å². The van der Waals surface area contributed by atoms with E-state index >= 15 is 0 Å². The molecule has 2 amide bonds. The smallest absolute Gasteiger partial charge is 0.320 e. The first-order valence-corrected chi connectivity index (χ1v) is 6.53. The molecule has 1 aromatic rings. The second-order valence-corrected chi connectivity index (χ2v) is 5.13. The van der Waals surface area contributed by atoms with E-state index in [2.05, 4.69) is 5.32 Å². The summed E-state index contributed by atoms with van der Waals surface area (Å²) in [5, 5.41) is 2.78. The summed E-state index contributed by atoms with van der Waals surface area (Å²) in [6.45, 7) is 7.96. The number of carbonyl (C=O) groups is 1. The Labute approximate surface area is 114 Å². The predicted octanol–water partition coefficient (Wildman–Crippen LogP) is 3.19. The molecule has 3 nitrogen and oxygen atoms in total. The minimum absolute atomic E-state index is 0.142. The molecule has 1 rings (SSSR count). The number of urea groups is 1. The maximum Gasteiger partial charge on any atom is 0.322 e. The van der Waals surface area contributed by atoms with E-state index in [-0.39, 0.29) is 18.1 Å². The highest BCUT2D eigenvalue weighted by Crippen LogP contribution is 2.06. The van der Waals surface area contributed by atoms with Gasteiger partial charge in [0.1, 0.15) is 4.99 Å².